The molecule has 0 unspecified atom stereocenters. The highest BCUT2D eigenvalue weighted by Crippen LogP contribution is 2.52. The van der Waals surface area contributed by atoms with Crippen molar-refractivity contribution in [3.05, 3.63) is 46.3 Å². The molecule has 1 aromatic heterocycles. The number of methoxy groups -OCH3 is 2. The number of ether oxygens (including phenoxy) is 2. The minimum absolute atomic E-state index is 0.193. The molecule has 166 valence electrons. The third kappa shape index (κ3) is 4.29. The molecule has 31 heavy (non-hydrogen) atoms. The first-order valence-corrected chi connectivity index (χ1v) is 11.5. The van der Waals surface area contributed by atoms with Gasteiger partial charge in [-0.2, -0.15) is 0 Å². The van der Waals surface area contributed by atoms with Crippen LogP contribution >= 0.6 is 34.2 Å². The molecule has 2 heterocycles. The maximum atomic E-state index is 13.4. The number of halogens is 3. The minimum Gasteiger partial charge on any atom is -0.465 e. The molecule has 2 aromatic rings. The molecule has 1 aliphatic carbocycles. The van der Waals surface area contributed by atoms with Crippen LogP contribution in [0.1, 0.15) is 45.0 Å². The number of carbonyl (C=O) groups excluding carboxylic acids is 2. The van der Waals surface area contributed by atoms with Gasteiger partial charge in [0.2, 0.25) is 5.92 Å². The van der Waals surface area contributed by atoms with Gasteiger partial charge < -0.3 is 14.4 Å². The molecule has 1 aliphatic heterocycles. The summed E-state index contributed by atoms with van der Waals surface area (Å²) in [6.07, 6.45) is -0.374. The number of amides is 1. The predicted molar refractivity (Wildman–Crippen MR) is 123 cm³/mol. The van der Waals surface area contributed by atoms with Crippen LogP contribution < -0.4 is 8.01 Å². The van der Waals surface area contributed by atoms with Crippen LogP contribution in [0.25, 0.3) is 0 Å². The Morgan fingerprint density at radius 1 is 1.19 bits per heavy atom. The van der Waals surface area contributed by atoms with Gasteiger partial charge in [-0.3, -0.25) is 4.79 Å². The molecule has 1 saturated heterocycles. The van der Waals surface area contributed by atoms with Crippen molar-refractivity contribution in [2.75, 3.05) is 35.3 Å². The number of esters is 1. The van der Waals surface area contributed by atoms with Gasteiger partial charge in [-0.1, -0.05) is 0 Å². The van der Waals surface area contributed by atoms with Crippen LogP contribution in [0.3, 0.4) is 0 Å². The monoisotopic (exact) mass is 562 g/mol. The van der Waals surface area contributed by atoms with E-state index in [1.807, 2.05) is 35.0 Å². The first-order chi connectivity index (χ1) is 14.7. The molecule has 2 fully saturated rings. The normalized spacial score (nSPS) is 18.3. The van der Waals surface area contributed by atoms with Gasteiger partial charge in [0, 0.05) is 44.3 Å². The third-order valence-corrected chi connectivity index (χ3v) is 7.97. The van der Waals surface area contributed by atoms with E-state index in [2.05, 4.69) is 4.90 Å². The van der Waals surface area contributed by atoms with Crippen molar-refractivity contribution in [1.82, 2.24) is 0 Å². The van der Waals surface area contributed by atoms with E-state index < -0.39 is 17.8 Å². The molecule has 1 saturated carbocycles. The van der Waals surface area contributed by atoms with Gasteiger partial charge in [-0.15, -0.1) is 11.3 Å². The van der Waals surface area contributed by atoms with Gasteiger partial charge in [0.15, 0.2) is 0 Å². The fourth-order valence-corrected chi connectivity index (χ4v) is 5.72. The lowest BCUT2D eigenvalue weighted by Crippen LogP contribution is -2.51. The number of carbonyl (C=O) groups is 2. The van der Waals surface area contributed by atoms with E-state index >= 15 is 0 Å². The molecule has 10 heteroatoms. The van der Waals surface area contributed by atoms with Crippen LogP contribution in [-0.2, 0) is 9.47 Å². The lowest BCUT2D eigenvalue weighted by molar-refractivity contribution is -0.0868. The first-order valence-electron chi connectivity index (χ1n) is 9.69. The highest BCUT2D eigenvalue weighted by Gasteiger charge is 2.48. The zero-order chi connectivity index (χ0) is 22.3. The standard InChI is InChI=1S/C21H21F2IN2O4S/c1-29-15-9-25(10-15)14-5-3-12(4-6-14)18(27)26(24)19-17(20(28)30-2)16(11-31-19)13-7-21(22,23)8-13/h3-6,11,13,15H,7-10H2,1-2H3. The maximum Gasteiger partial charge on any atom is 0.341 e. The summed E-state index contributed by atoms with van der Waals surface area (Å²) in [4.78, 5) is 27.6. The van der Waals surface area contributed by atoms with E-state index in [-0.39, 0.29) is 30.4 Å². The smallest absolute Gasteiger partial charge is 0.341 e. The maximum absolute atomic E-state index is 13.4. The molecular formula is C21H21F2IN2O4S. The summed E-state index contributed by atoms with van der Waals surface area (Å²) in [7, 11) is 2.93. The van der Waals surface area contributed by atoms with Crippen molar-refractivity contribution in [1.29, 1.82) is 0 Å². The molecule has 0 atom stereocenters. The lowest BCUT2D eigenvalue weighted by Gasteiger charge is -2.40. The van der Waals surface area contributed by atoms with Crippen molar-refractivity contribution in [2.24, 2.45) is 0 Å². The fourth-order valence-electron chi connectivity index (χ4n) is 3.81. The van der Waals surface area contributed by atoms with Crippen molar-refractivity contribution in [3.63, 3.8) is 0 Å². The van der Waals surface area contributed by atoms with E-state index in [0.29, 0.717) is 16.1 Å². The predicted octanol–water partition coefficient (Wildman–Crippen LogP) is 4.88. The second-order valence-corrected chi connectivity index (χ2v) is 9.54. The Labute approximate surface area is 196 Å². The van der Waals surface area contributed by atoms with E-state index in [1.165, 1.54) is 21.6 Å². The fraction of sp³-hybridized carbons (Fsp3) is 0.429. The molecule has 1 aromatic carbocycles. The number of nitrogens with zero attached hydrogens (tertiary/aromatic N) is 2. The second-order valence-electron chi connectivity index (χ2n) is 7.72. The Hall–Kier alpha value is -1.79. The van der Waals surface area contributed by atoms with E-state index in [0.717, 1.165) is 18.8 Å². The van der Waals surface area contributed by atoms with Crippen molar-refractivity contribution in [3.8, 4) is 0 Å². The molecule has 4 rings (SSSR count). The summed E-state index contributed by atoms with van der Waals surface area (Å²) in [5.74, 6) is -4.05. The van der Waals surface area contributed by atoms with Crippen LogP contribution in [-0.4, -0.2) is 51.2 Å². The average Bonchev–Trinajstić information content (AvgIpc) is 3.14. The van der Waals surface area contributed by atoms with Crippen molar-refractivity contribution in [2.45, 2.75) is 30.8 Å². The molecule has 1 amide bonds. The molecular weight excluding hydrogens is 541 g/mol. The summed E-state index contributed by atoms with van der Waals surface area (Å²) in [5, 5.41) is 2.07. The number of rotatable bonds is 6. The highest BCUT2D eigenvalue weighted by atomic mass is 127. The van der Waals surface area contributed by atoms with Gasteiger partial charge in [0.05, 0.1) is 41.6 Å². The summed E-state index contributed by atoms with van der Waals surface area (Å²) in [6, 6.07) is 7.23. The topological polar surface area (TPSA) is 59.1 Å². The van der Waals surface area contributed by atoms with Gasteiger partial charge in [0.25, 0.3) is 5.91 Å². The zero-order valence-electron chi connectivity index (χ0n) is 16.9. The van der Waals surface area contributed by atoms with E-state index in [1.54, 1.807) is 24.6 Å². The Morgan fingerprint density at radius 2 is 1.84 bits per heavy atom. The summed E-state index contributed by atoms with van der Waals surface area (Å²) in [5.41, 5.74) is 2.18. The lowest BCUT2D eigenvalue weighted by atomic mass is 9.76. The second kappa shape index (κ2) is 8.62. The number of alkyl halides is 2. The number of hydrogen-bond donors (Lipinski definition) is 0. The van der Waals surface area contributed by atoms with Crippen molar-refractivity contribution < 1.29 is 27.8 Å². The summed E-state index contributed by atoms with van der Waals surface area (Å²) >= 11 is 3.03. The van der Waals surface area contributed by atoms with Crippen LogP contribution in [0.4, 0.5) is 19.5 Å². The zero-order valence-corrected chi connectivity index (χ0v) is 19.9. The molecule has 2 aliphatic rings. The SMILES string of the molecule is COC(=O)c1c(C2CC(F)(F)C2)csc1N(I)C(=O)c1ccc(N2CC(OC)C2)cc1. The number of thiophene rings is 1. The van der Waals surface area contributed by atoms with Gasteiger partial charge in [0.1, 0.15) is 5.00 Å². The largest absolute Gasteiger partial charge is 0.465 e. The first kappa shape index (κ1) is 22.4. The minimum atomic E-state index is -2.71. The van der Waals surface area contributed by atoms with Crippen LogP contribution in [0, 0.1) is 0 Å². The van der Waals surface area contributed by atoms with Crippen molar-refractivity contribution >= 4 is 56.8 Å². The molecule has 0 bridgehead atoms. The average molecular weight is 562 g/mol. The number of benzene rings is 1. The summed E-state index contributed by atoms with van der Waals surface area (Å²) < 4.78 is 38.3. The number of anilines is 2. The quantitative estimate of drug-likeness (QED) is 0.286. The van der Waals surface area contributed by atoms with E-state index in [4.69, 9.17) is 9.47 Å². The molecule has 0 radical (unpaired) electrons. The van der Waals surface area contributed by atoms with Gasteiger partial charge in [-0.05, 0) is 41.1 Å². The molecule has 6 nitrogen and oxygen atoms in total. The van der Waals surface area contributed by atoms with Gasteiger partial charge >= 0.3 is 5.97 Å². The van der Waals surface area contributed by atoms with E-state index in [9.17, 15) is 18.4 Å². The van der Waals surface area contributed by atoms with Gasteiger partial charge in [-0.25, -0.2) is 16.7 Å². The Balaban J connectivity index is 1.53. The van der Waals surface area contributed by atoms with Crippen LogP contribution in [0.5, 0.6) is 0 Å². The molecule has 0 N–H and O–H groups in total. The Kier molecular flexibility index (Phi) is 6.23. The summed E-state index contributed by atoms with van der Waals surface area (Å²) in [6.45, 7) is 1.62. The van der Waals surface area contributed by atoms with Crippen LogP contribution in [0.15, 0.2) is 29.6 Å². The van der Waals surface area contributed by atoms with Crippen LogP contribution in [0.2, 0.25) is 0 Å². The Bertz CT molecular complexity index is 984. The third-order valence-electron chi connectivity index (χ3n) is 5.74. The number of hydrogen-bond acceptors (Lipinski definition) is 6. The Morgan fingerprint density at radius 3 is 2.39 bits per heavy atom. The molecule has 0 spiro atoms. The highest BCUT2D eigenvalue weighted by molar-refractivity contribution is 14.1.